The van der Waals surface area contributed by atoms with E-state index in [1.807, 2.05) is 0 Å². The van der Waals surface area contributed by atoms with Gasteiger partial charge in [-0.3, -0.25) is 0 Å². The molecular formula is C23H42O3Sn. The molecular weight excluding hydrogens is 443 g/mol. The van der Waals surface area contributed by atoms with Gasteiger partial charge < -0.3 is 0 Å². The van der Waals surface area contributed by atoms with Crippen molar-refractivity contribution in [2.75, 3.05) is 6.61 Å². The average molecular weight is 485 g/mol. The Hall–Kier alpha value is 0.259. The van der Waals surface area contributed by atoms with Crippen molar-refractivity contribution in [2.45, 2.75) is 123 Å². The Morgan fingerprint density at radius 1 is 0.889 bits per heavy atom. The van der Waals surface area contributed by atoms with Crippen molar-refractivity contribution < 1.29 is 14.2 Å². The third-order valence-corrected chi connectivity index (χ3v) is 22.1. The molecule has 0 aliphatic carbocycles. The Kier molecular flexibility index (Phi) is 8.84. The van der Waals surface area contributed by atoms with Gasteiger partial charge in [-0.05, 0) is 0 Å². The van der Waals surface area contributed by atoms with Crippen LogP contribution in [0.25, 0.3) is 0 Å². The summed E-state index contributed by atoms with van der Waals surface area (Å²) < 4.78 is 25.3. The van der Waals surface area contributed by atoms with E-state index >= 15 is 0 Å². The summed E-state index contributed by atoms with van der Waals surface area (Å²) >= 11 is -2.45. The summed E-state index contributed by atoms with van der Waals surface area (Å²) in [6, 6.07) is 0. The molecule has 0 radical (unpaired) electrons. The van der Waals surface area contributed by atoms with Gasteiger partial charge in [-0.15, -0.1) is 0 Å². The molecule has 27 heavy (non-hydrogen) atoms. The third kappa shape index (κ3) is 5.45. The molecule has 0 N–H and O–H groups in total. The van der Waals surface area contributed by atoms with Crippen LogP contribution in [-0.2, 0) is 14.2 Å². The predicted molar refractivity (Wildman–Crippen MR) is 115 cm³/mol. The van der Waals surface area contributed by atoms with Crippen LogP contribution in [0.5, 0.6) is 0 Å². The quantitative estimate of drug-likeness (QED) is 0.336. The van der Waals surface area contributed by atoms with Crippen LogP contribution in [0.3, 0.4) is 0 Å². The minimum atomic E-state index is -2.45. The van der Waals surface area contributed by atoms with Crippen molar-refractivity contribution in [1.82, 2.24) is 0 Å². The summed E-state index contributed by atoms with van der Waals surface area (Å²) in [7, 11) is 0. The van der Waals surface area contributed by atoms with Crippen LogP contribution in [0.2, 0.25) is 13.3 Å². The first kappa shape index (κ1) is 22.0. The van der Waals surface area contributed by atoms with Crippen LogP contribution in [0.1, 0.15) is 85.0 Å². The van der Waals surface area contributed by atoms with Gasteiger partial charge in [-0.1, -0.05) is 0 Å². The molecule has 2 fully saturated rings. The average Bonchev–Trinajstić information content (AvgIpc) is 2.71. The van der Waals surface area contributed by atoms with Crippen molar-refractivity contribution in [1.29, 1.82) is 0 Å². The van der Waals surface area contributed by atoms with E-state index in [0.29, 0.717) is 6.10 Å². The Morgan fingerprint density at radius 2 is 1.56 bits per heavy atom. The molecule has 0 aromatic rings. The van der Waals surface area contributed by atoms with Crippen LogP contribution >= 0.6 is 0 Å². The van der Waals surface area contributed by atoms with Gasteiger partial charge in [0.1, 0.15) is 0 Å². The van der Waals surface area contributed by atoms with Crippen molar-refractivity contribution in [2.24, 2.45) is 0 Å². The molecule has 0 spiro atoms. The Balaban J connectivity index is 1.75. The van der Waals surface area contributed by atoms with Crippen LogP contribution in [0.15, 0.2) is 9.85 Å². The van der Waals surface area contributed by atoms with E-state index in [4.69, 9.17) is 14.2 Å². The van der Waals surface area contributed by atoms with Crippen LogP contribution in [0, 0.1) is 0 Å². The van der Waals surface area contributed by atoms with Crippen molar-refractivity contribution in [3.63, 3.8) is 0 Å². The molecule has 3 aliphatic rings. The number of fused-ring (bicyclic) bond motifs is 2. The van der Waals surface area contributed by atoms with E-state index in [9.17, 15) is 0 Å². The van der Waals surface area contributed by atoms with Gasteiger partial charge in [0.05, 0.1) is 0 Å². The monoisotopic (exact) mass is 486 g/mol. The molecule has 0 bridgehead atoms. The van der Waals surface area contributed by atoms with E-state index in [-0.39, 0.29) is 18.3 Å². The molecule has 0 aromatic heterocycles. The molecule has 3 nitrogen and oxygen atoms in total. The van der Waals surface area contributed by atoms with Gasteiger partial charge in [0.2, 0.25) is 0 Å². The van der Waals surface area contributed by atoms with Crippen molar-refractivity contribution in [3.8, 4) is 0 Å². The second-order valence-corrected chi connectivity index (χ2v) is 22.0. The fourth-order valence-corrected chi connectivity index (χ4v) is 21.1. The first-order valence-electron chi connectivity index (χ1n) is 11.9. The van der Waals surface area contributed by atoms with E-state index in [1.165, 1.54) is 55.6 Å². The van der Waals surface area contributed by atoms with Crippen LogP contribution in [0.4, 0.5) is 0 Å². The van der Waals surface area contributed by atoms with Gasteiger partial charge in [0.15, 0.2) is 0 Å². The van der Waals surface area contributed by atoms with Crippen molar-refractivity contribution >= 4 is 18.4 Å². The molecule has 0 aromatic carbocycles. The first-order chi connectivity index (χ1) is 13.2. The molecule has 3 aliphatic heterocycles. The molecule has 4 atom stereocenters. The molecule has 4 heteroatoms. The van der Waals surface area contributed by atoms with Gasteiger partial charge in [0, 0.05) is 0 Å². The summed E-state index contributed by atoms with van der Waals surface area (Å²) in [5.74, 6) is 0. The summed E-state index contributed by atoms with van der Waals surface area (Å²) in [6.07, 6.45) is 16.1. The van der Waals surface area contributed by atoms with E-state index in [2.05, 4.69) is 26.8 Å². The number of hydrogen-bond donors (Lipinski definition) is 0. The minimum absolute atomic E-state index is 0.241. The number of unbranched alkanes of at least 4 members (excludes halogenated alkanes) is 3. The summed E-state index contributed by atoms with van der Waals surface area (Å²) in [6.45, 7) is 7.94. The van der Waals surface area contributed by atoms with E-state index in [1.54, 1.807) is 0 Å². The maximum atomic E-state index is 6.85. The summed E-state index contributed by atoms with van der Waals surface area (Å²) in [4.78, 5) is 0. The zero-order valence-electron chi connectivity index (χ0n) is 18.0. The third-order valence-electron chi connectivity index (χ3n) is 6.97. The maximum absolute atomic E-state index is 6.85. The normalized spacial score (nSPS) is 30.9. The molecule has 0 saturated carbocycles. The fraction of sp³-hybridized carbons (Fsp3) is 0.913. The Morgan fingerprint density at radius 3 is 2.19 bits per heavy atom. The van der Waals surface area contributed by atoms with Gasteiger partial charge in [0.25, 0.3) is 0 Å². The molecule has 156 valence electrons. The molecule has 3 rings (SSSR count). The fourth-order valence-electron chi connectivity index (χ4n) is 5.28. The zero-order valence-corrected chi connectivity index (χ0v) is 20.9. The van der Waals surface area contributed by atoms with Crippen molar-refractivity contribution in [3.05, 3.63) is 9.85 Å². The van der Waals surface area contributed by atoms with Gasteiger partial charge in [-0.2, -0.15) is 0 Å². The number of ether oxygens (including phenoxy) is 3. The molecule has 0 amide bonds. The van der Waals surface area contributed by atoms with Crippen LogP contribution in [-0.4, -0.2) is 49.4 Å². The molecule has 0 unspecified atom stereocenters. The summed E-state index contributed by atoms with van der Waals surface area (Å²) in [5.41, 5.74) is 0. The topological polar surface area (TPSA) is 27.7 Å². The standard InChI is InChI=1S/C11H15O3.3C4H9.Sn/c1-3-8-10(12-5-1)7-11-9(14-8)4-2-6-13-11;3*1-3-4-2;/h1,8-11H,2-4,6-7H2;3*1,3-4H2,2H3;/t8-,9+,10+,11-;;;;/m0..../s1. The van der Waals surface area contributed by atoms with E-state index in [0.717, 1.165) is 32.3 Å². The molecule has 2 saturated heterocycles. The second-order valence-electron chi connectivity index (χ2n) is 9.05. The SMILES string of the molecule is CCC[CH2][Sn]([CH2]CCC)([CH2]CCC)[C]1=CC[C@@H]2O[C@@H]3CCCO[C@H]3C[C@H]2O1. The predicted octanol–water partition coefficient (Wildman–Crippen LogP) is 6.38. The van der Waals surface area contributed by atoms with E-state index < -0.39 is 18.4 Å². The van der Waals surface area contributed by atoms with Crippen LogP contribution < -0.4 is 0 Å². The number of rotatable bonds is 10. The molecule has 3 heterocycles. The first-order valence-corrected chi connectivity index (χ1v) is 19.3. The van der Waals surface area contributed by atoms with Gasteiger partial charge in [-0.25, -0.2) is 0 Å². The zero-order chi connectivity index (χ0) is 19.1. The second kappa shape index (κ2) is 10.9. The summed E-state index contributed by atoms with van der Waals surface area (Å²) in [5, 5.41) is 0. The van der Waals surface area contributed by atoms with Gasteiger partial charge >= 0.3 is 172 Å². The number of hydrogen-bond acceptors (Lipinski definition) is 3. The Labute approximate surface area is 171 Å². The Bertz CT molecular complexity index is 456.